The summed E-state index contributed by atoms with van der Waals surface area (Å²) in [5.41, 5.74) is 1.98. The molecule has 3 N–H and O–H groups in total. The molecule has 8 nitrogen and oxygen atoms in total. The van der Waals surface area contributed by atoms with Crippen molar-refractivity contribution in [3.63, 3.8) is 0 Å². The lowest BCUT2D eigenvalue weighted by Gasteiger charge is -2.13. The molecule has 1 aromatic heterocycles. The van der Waals surface area contributed by atoms with Crippen molar-refractivity contribution in [3.05, 3.63) is 66.0 Å². The Morgan fingerprint density at radius 3 is 2.71 bits per heavy atom. The van der Waals surface area contributed by atoms with Gasteiger partial charge in [0, 0.05) is 6.54 Å². The molecule has 2 aromatic carbocycles. The smallest absolute Gasteiger partial charge is 0.230 e. The molecule has 0 radical (unpaired) electrons. The number of hydrogen-bond donors (Lipinski definition) is 2. The molecule has 146 valence electrons. The maximum absolute atomic E-state index is 12.0. The summed E-state index contributed by atoms with van der Waals surface area (Å²) >= 11 is 1.22. The van der Waals surface area contributed by atoms with Gasteiger partial charge in [0.25, 0.3) is 0 Å². The van der Waals surface area contributed by atoms with E-state index in [2.05, 4.69) is 15.5 Å². The number of aromatic nitrogens is 3. The van der Waals surface area contributed by atoms with Crippen LogP contribution in [0.3, 0.4) is 0 Å². The molecule has 0 aliphatic rings. The van der Waals surface area contributed by atoms with E-state index < -0.39 is 0 Å². The SMILES string of the molecule is COc1cc(CNC(=O)CSc2nncn2N)ccc1OCc1ccccc1. The highest BCUT2D eigenvalue weighted by Gasteiger charge is 2.09. The largest absolute Gasteiger partial charge is 0.493 e. The van der Waals surface area contributed by atoms with Gasteiger partial charge in [-0.05, 0) is 23.3 Å². The molecule has 3 rings (SSSR count). The van der Waals surface area contributed by atoms with Gasteiger partial charge >= 0.3 is 0 Å². The van der Waals surface area contributed by atoms with Crippen LogP contribution in [0.2, 0.25) is 0 Å². The number of nitrogens with two attached hydrogens (primary N) is 1. The van der Waals surface area contributed by atoms with Crippen molar-refractivity contribution in [2.45, 2.75) is 18.3 Å². The summed E-state index contributed by atoms with van der Waals surface area (Å²) in [5.74, 6) is 6.96. The molecule has 9 heteroatoms. The minimum atomic E-state index is -0.128. The quantitative estimate of drug-likeness (QED) is 0.419. The zero-order valence-corrected chi connectivity index (χ0v) is 16.2. The van der Waals surface area contributed by atoms with Gasteiger partial charge in [0.15, 0.2) is 11.5 Å². The zero-order chi connectivity index (χ0) is 19.8. The van der Waals surface area contributed by atoms with E-state index in [-0.39, 0.29) is 11.7 Å². The fraction of sp³-hybridized carbons (Fsp3) is 0.211. The number of rotatable bonds is 9. The van der Waals surface area contributed by atoms with Crippen LogP contribution in [-0.2, 0) is 17.9 Å². The van der Waals surface area contributed by atoms with Crippen molar-refractivity contribution in [3.8, 4) is 11.5 Å². The third-order valence-electron chi connectivity index (χ3n) is 3.83. The Bertz CT molecular complexity index is 917. The topological polar surface area (TPSA) is 104 Å². The highest BCUT2D eigenvalue weighted by molar-refractivity contribution is 7.99. The first-order valence-electron chi connectivity index (χ1n) is 8.54. The number of ether oxygens (including phenoxy) is 2. The average Bonchev–Trinajstić information content (AvgIpc) is 3.15. The molecule has 0 fully saturated rings. The molecule has 0 unspecified atom stereocenters. The molecular formula is C19H21N5O3S. The normalized spacial score (nSPS) is 10.5. The predicted molar refractivity (Wildman–Crippen MR) is 107 cm³/mol. The summed E-state index contributed by atoms with van der Waals surface area (Å²) in [5, 5.41) is 10.8. The highest BCUT2D eigenvalue weighted by atomic mass is 32.2. The highest BCUT2D eigenvalue weighted by Crippen LogP contribution is 2.28. The van der Waals surface area contributed by atoms with Crippen molar-refractivity contribution < 1.29 is 14.3 Å². The third kappa shape index (κ3) is 5.40. The molecule has 0 saturated heterocycles. The van der Waals surface area contributed by atoms with Gasteiger partial charge in [-0.15, -0.1) is 10.2 Å². The lowest BCUT2D eigenvalue weighted by atomic mass is 10.2. The standard InChI is InChI=1S/C19H21N5O3S/c1-26-17-9-15(7-8-16(17)27-11-14-5-3-2-4-6-14)10-21-18(25)12-28-19-23-22-13-24(19)20/h2-9,13H,10-12,20H2,1H3,(H,21,25). The molecule has 0 bridgehead atoms. The molecule has 0 spiro atoms. The molecule has 0 atom stereocenters. The Morgan fingerprint density at radius 2 is 2.00 bits per heavy atom. The average molecular weight is 399 g/mol. The van der Waals surface area contributed by atoms with E-state index >= 15 is 0 Å². The van der Waals surface area contributed by atoms with E-state index in [0.717, 1.165) is 11.1 Å². The van der Waals surface area contributed by atoms with Crippen molar-refractivity contribution >= 4 is 17.7 Å². The maximum atomic E-state index is 12.0. The monoisotopic (exact) mass is 399 g/mol. The Hall–Kier alpha value is -3.20. The number of nitrogen functional groups attached to an aromatic ring is 1. The van der Waals surface area contributed by atoms with Gasteiger partial charge in [-0.3, -0.25) is 4.79 Å². The second-order valence-electron chi connectivity index (χ2n) is 5.85. The van der Waals surface area contributed by atoms with E-state index in [1.54, 1.807) is 7.11 Å². The van der Waals surface area contributed by atoms with Crippen LogP contribution in [0, 0.1) is 0 Å². The second kappa shape index (κ2) is 9.65. The van der Waals surface area contributed by atoms with Gasteiger partial charge in [0.05, 0.1) is 12.9 Å². The number of carbonyl (C=O) groups excluding carboxylic acids is 1. The number of nitrogens with one attached hydrogen (secondary N) is 1. The fourth-order valence-corrected chi connectivity index (χ4v) is 3.06. The van der Waals surface area contributed by atoms with Gasteiger partial charge in [0.1, 0.15) is 12.9 Å². The number of methoxy groups -OCH3 is 1. The minimum absolute atomic E-state index is 0.128. The van der Waals surface area contributed by atoms with Crippen LogP contribution in [0.5, 0.6) is 11.5 Å². The van der Waals surface area contributed by atoms with Crippen LogP contribution in [-0.4, -0.2) is 33.6 Å². The van der Waals surface area contributed by atoms with Gasteiger partial charge in [-0.2, -0.15) is 0 Å². The van der Waals surface area contributed by atoms with Crippen LogP contribution < -0.4 is 20.6 Å². The van der Waals surface area contributed by atoms with Crippen molar-refractivity contribution in [2.24, 2.45) is 0 Å². The number of thioether (sulfide) groups is 1. The summed E-state index contributed by atoms with van der Waals surface area (Å²) < 4.78 is 12.5. The number of benzene rings is 2. The molecule has 0 saturated carbocycles. The molecule has 1 heterocycles. The van der Waals surface area contributed by atoms with E-state index in [0.29, 0.717) is 29.8 Å². The van der Waals surface area contributed by atoms with E-state index in [1.807, 2.05) is 48.5 Å². The molecule has 0 aliphatic carbocycles. The van der Waals surface area contributed by atoms with E-state index in [4.69, 9.17) is 15.3 Å². The molecule has 0 aliphatic heterocycles. The van der Waals surface area contributed by atoms with Crippen LogP contribution in [0.4, 0.5) is 0 Å². The maximum Gasteiger partial charge on any atom is 0.230 e. The van der Waals surface area contributed by atoms with E-state index in [9.17, 15) is 4.79 Å². The van der Waals surface area contributed by atoms with E-state index in [1.165, 1.54) is 22.8 Å². The van der Waals surface area contributed by atoms with Crippen LogP contribution in [0.25, 0.3) is 0 Å². The van der Waals surface area contributed by atoms with Crippen molar-refractivity contribution in [2.75, 3.05) is 18.7 Å². The lowest BCUT2D eigenvalue weighted by Crippen LogP contribution is -2.25. The Kier molecular flexibility index (Phi) is 6.74. The Morgan fingerprint density at radius 1 is 1.18 bits per heavy atom. The molecule has 3 aromatic rings. The van der Waals surface area contributed by atoms with Crippen molar-refractivity contribution in [1.82, 2.24) is 20.2 Å². The lowest BCUT2D eigenvalue weighted by molar-refractivity contribution is -0.118. The summed E-state index contributed by atoms with van der Waals surface area (Å²) in [7, 11) is 1.59. The molecular weight excluding hydrogens is 378 g/mol. The van der Waals surface area contributed by atoms with Crippen LogP contribution in [0.1, 0.15) is 11.1 Å². The Labute approximate surface area is 167 Å². The van der Waals surface area contributed by atoms with Gasteiger partial charge in [-0.1, -0.05) is 48.2 Å². The minimum Gasteiger partial charge on any atom is -0.493 e. The first kappa shape index (κ1) is 19.6. The third-order valence-corrected chi connectivity index (χ3v) is 4.78. The zero-order valence-electron chi connectivity index (χ0n) is 15.4. The Balaban J connectivity index is 1.51. The number of carbonyl (C=O) groups is 1. The summed E-state index contributed by atoms with van der Waals surface area (Å²) in [6.07, 6.45) is 1.38. The summed E-state index contributed by atoms with van der Waals surface area (Å²) in [6, 6.07) is 15.5. The second-order valence-corrected chi connectivity index (χ2v) is 6.79. The molecule has 1 amide bonds. The van der Waals surface area contributed by atoms with Crippen molar-refractivity contribution in [1.29, 1.82) is 0 Å². The number of amides is 1. The molecule has 28 heavy (non-hydrogen) atoms. The van der Waals surface area contributed by atoms with Gasteiger partial charge < -0.3 is 20.6 Å². The first-order valence-corrected chi connectivity index (χ1v) is 9.52. The number of nitrogens with zero attached hydrogens (tertiary/aromatic N) is 3. The number of hydrogen-bond acceptors (Lipinski definition) is 7. The van der Waals surface area contributed by atoms with Gasteiger partial charge in [0.2, 0.25) is 11.1 Å². The predicted octanol–water partition coefficient (Wildman–Crippen LogP) is 1.99. The summed E-state index contributed by atoms with van der Waals surface area (Å²) in [4.78, 5) is 12.0. The summed E-state index contributed by atoms with van der Waals surface area (Å²) in [6.45, 7) is 0.834. The fourth-order valence-electron chi connectivity index (χ4n) is 2.39. The van der Waals surface area contributed by atoms with Gasteiger partial charge in [-0.25, -0.2) is 4.68 Å². The van der Waals surface area contributed by atoms with Crippen LogP contribution in [0.15, 0.2) is 60.0 Å². The first-order chi connectivity index (χ1) is 13.7. The van der Waals surface area contributed by atoms with Crippen LogP contribution >= 0.6 is 11.8 Å².